The maximum atomic E-state index is 12.4. The molecule has 0 fully saturated rings. The fraction of sp³-hybridized carbons (Fsp3) is 0.300. The molecule has 0 saturated carbocycles. The minimum absolute atomic E-state index is 0.0490. The fourth-order valence-corrected chi connectivity index (χ4v) is 3.07. The van der Waals surface area contributed by atoms with Gasteiger partial charge in [-0.1, -0.05) is 37.4 Å². The molecule has 3 rings (SSSR count). The first-order valence-corrected chi connectivity index (χ1v) is 9.10. The van der Waals surface area contributed by atoms with Crippen LogP contribution < -0.4 is 15.0 Å². The molecule has 0 spiro atoms. The van der Waals surface area contributed by atoms with Crippen LogP contribution in [0.1, 0.15) is 36.5 Å². The zero-order chi connectivity index (χ0) is 18.5. The van der Waals surface area contributed by atoms with Crippen molar-refractivity contribution in [1.82, 2.24) is 0 Å². The number of unbranched alkanes of at least 4 members (excludes halogenated alkanes) is 2. The van der Waals surface area contributed by atoms with Crippen molar-refractivity contribution >= 4 is 34.8 Å². The van der Waals surface area contributed by atoms with Crippen LogP contribution in [-0.2, 0) is 4.79 Å². The maximum absolute atomic E-state index is 12.4. The standard InChI is InChI=1S/C20H21ClN2O3/c1-2-3-4-10-23-17-12-16(8-9-18(17)26-13-19(23)24)22-20(25)14-6-5-7-15(21)11-14/h5-9,11-12H,2-4,10,13H2,1H3,(H,22,25). The summed E-state index contributed by atoms with van der Waals surface area (Å²) in [7, 11) is 0. The first-order valence-electron chi connectivity index (χ1n) is 8.72. The molecule has 0 unspecified atom stereocenters. The SMILES string of the molecule is CCCCCN1C(=O)COc2ccc(NC(=O)c3cccc(Cl)c3)cc21. The molecule has 0 saturated heterocycles. The van der Waals surface area contributed by atoms with Crippen LogP contribution in [0.15, 0.2) is 42.5 Å². The number of ether oxygens (including phenoxy) is 1. The Morgan fingerprint density at radius 1 is 1.23 bits per heavy atom. The van der Waals surface area contributed by atoms with Gasteiger partial charge in [-0.3, -0.25) is 9.59 Å². The average molecular weight is 373 g/mol. The van der Waals surface area contributed by atoms with E-state index in [2.05, 4.69) is 12.2 Å². The van der Waals surface area contributed by atoms with Crippen molar-refractivity contribution in [3.8, 4) is 5.75 Å². The van der Waals surface area contributed by atoms with Gasteiger partial charge in [-0.05, 0) is 42.8 Å². The Labute approximate surface area is 157 Å². The molecule has 26 heavy (non-hydrogen) atoms. The van der Waals surface area contributed by atoms with Crippen molar-refractivity contribution in [3.05, 3.63) is 53.1 Å². The number of hydrogen-bond acceptors (Lipinski definition) is 3. The minimum Gasteiger partial charge on any atom is -0.482 e. The van der Waals surface area contributed by atoms with Gasteiger partial charge in [-0.15, -0.1) is 0 Å². The van der Waals surface area contributed by atoms with Crippen LogP contribution in [0.2, 0.25) is 5.02 Å². The molecular formula is C20H21ClN2O3. The predicted octanol–water partition coefficient (Wildman–Crippen LogP) is 4.51. The largest absolute Gasteiger partial charge is 0.482 e. The van der Waals surface area contributed by atoms with Gasteiger partial charge in [0.2, 0.25) is 0 Å². The van der Waals surface area contributed by atoms with E-state index in [4.69, 9.17) is 16.3 Å². The van der Waals surface area contributed by atoms with Crippen molar-refractivity contribution in [2.24, 2.45) is 0 Å². The Morgan fingerprint density at radius 3 is 2.85 bits per heavy atom. The number of carbonyl (C=O) groups excluding carboxylic acids is 2. The Hall–Kier alpha value is -2.53. The van der Waals surface area contributed by atoms with Crippen molar-refractivity contribution < 1.29 is 14.3 Å². The van der Waals surface area contributed by atoms with Crippen molar-refractivity contribution in [2.45, 2.75) is 26.2 Å². The molecule has 0 bridgehead atoms. The summed E-state index contributed by atoms with van der Waals surface area (Å²) in [6.07, 6.45) is 3.08. The maximum Gasteiger partial charge on any atom is 0.265 e. The molecule has 0 aromatic heterocycles. The molecule has 1 aliphatic heterocycles. The van der Waals surface area contributed by atoms with E-state index in [-0.39, 0.29) is 18.4 Å². The number of carbonyl (C=O) groups is 2. The fourth-order valence-electron chi connectivity index (χ4n) is 2.88. The number of nitrogens with zero attached hydrogens (tertiary/aromatic N) is 1. The number of anilines is 2. The van der Waals surface area contributed by atoms with E-state index in [1.165, 1.54) is 0 Å². The first-order chi connectivity index (χ1) is 12.6. The smallest absolute Gasteiger partial charge is 0.265 e. The quantitative estimate of drug-likeness (QED) is 0.759. The number of hydrogen-bond donors (Lipinski definition) is 1. The number of halogens is 1. The van der Waals surface area contributed by atoms with Gasteiger partial charge in [0.25, 0.3) is 11.8 Å². The molecule has 1 heterocycles. The van der Waals surface area contributed by atoms with Crippen LogP contribution in [0.4, 0.5) is 11.4 Å². The topological polar surface area (TPSA) is 58.6 Å². The summed E-state index contributed by atoms with van der Waals surface area (Å²) in [5.41, 5.74) is 1.77. The van der Waals surface area contributed by atoms with E-state index in [9.17, 15) is 9.59 Å². The van der Waals surface area contributed by atoms with Gasteiger partial charge in [0.15, 0.2) is 6.61 Å². The molecule has 2 amide bonds. The van der Waals surface area contributed by atoms with Crippen LogP contribution in [0.5, 0.6) is 5.75 Å². The summed E-state index contributed by atoms with van der Waals surface area (Å²) in [4.78, 5) is 26.4. The molecule has 5 nitrogen and oxygen atoms in total. The van der Waals surface area contributed by atoms with Gasteiger partial charge in [0.05, 0.1) is 5.69 Å². The average Bonchev–Trinajstić information content (AvgIpc) is 2.63. The summed E-state index contributed by atoms with van der Waals surface area (Å²) in [5.74, 6) is 0.335. The molecule has 0 radical (unpaired) electrons. The van der Waals surface area contributed by atoms with E-state index < -0.39 is 0 Å². The van der Waals surface area contributed by atoms with Gasteiger partial charge < -0.3 is 15.0 Å². The molecule has 136 valence electrons. The Kier molecular flexibility index (Phi) is 5.78. The second-order valence-electron chi connectivity index (χ2n) is 6.19. The summed E-state index contributed by atoms with van der Waals surface area (Å²) >= 11 is 5.94. The van der Waals surface area contributed by atoms with Gasteiger partial charge >= 0.3 is 0 Å². The van der Waals surface area contributed by atoms with E-state index >= 15 is 0 Å². The predicted molar refractivity (Wildman–Crippen MR) is 103 cm³/mol. The molecule has 1 aliphatic rings. The lowest BCUT2D eigenvalue weighted by Gasteiger charge is -2.29. The summed E-state index contributed by atoms with van der Waals surface area (Å²) < 4.78 is 5.51. The number of nitrogens with one attached hydrogen (secondary N) is 1. The monoisotopic (exact) mass is 372 g/mol. The van der Waals surface area contributed by atoms with E-state index in [1.807, 2.05) is 0 Å². The molecule has 0 aliphatic carbocycles. The highest BCUT2D eigenvalue weighted by atomic mass is 35.5. The summed E-state index contributed by atoms with van der Waals surface area (Å²) in [6.45, 7) is 2.82. The molecule has 2 aromatic carbocycles. The van der Waals surface area contributed by atoms with Crippen LogP contribution in [0.3, 0.4) is 0 Å². The third-order valence-electron chi connectivity index (χ3n) is 4.23. The van der Waals surface area contributed by atoms with Crippen LogP contribution in [0, 0.1) is 0 Å². The molecule has 6 heteroatoms. The first kappa shape index (κ1) is 18.3. The van der Waals surface area contributed by atoms with Crippen molar-refractivity contribution in [3.63, 3.8) is 0 Å². The molecular weight excluding hydrogens is 352 g/mol. The van der Waals surface area contributed by atoms with E-state index in [0.29, 0.717) is 34.3 Å². The van der Waals surface area contributed by atoms with Crippen LogP contribution >= 0.6 is 11.6 Å². The minimum atomic E-state index is -0.256. The second kappa shape index (κ2) is 8.23. The number of amides is 2. The molecule has 2 aromatic rings. The number of benzene rings is 2. The Bertz CT molecular complexity index is 822. The highest BCUT2D eigenvalue weighted by Gasteiger charge is 2.25. The van der Waals surface area contributed by atoms with E-state index in [0.717, 1.165) is 19.3 Å². The van der Waals surface area contributed by atoms with Gasteiger partial charge in [-0.2, -0.15) is 0 Å². The van der Waals surface area contributed by atoms with Crippen LogP contribution in [-0.4, -0.2) is 25.0 Å². The normalized spacial score (nSPS) is 13.2. The lowest BCUT2D eigenvalue weighted by Crippen LogP contribution is -2.39. The van der Waals surface area contributed by atoms with Gasteiger partial charge in [-0.25, -0.2) is 0 Å². The Balaban J connectivity index is 1.80. The third-order valence-corrected chi connectivity index (χ3v) is 4.47. The lowest BCUT2D eigenvalue weighted by molar-refractivity contribution is -0.121. The molecule has 1 N–H and O–H groups in total. The van der Waals surface area contributed by atoms with Gasteiger partial charge in [0.1, 0.15) is 5.75 Å². The lowest BCUT2D eigenvalue weighted by atomic mass is 10.1. The van der Waals surface area contributed by atoms with E-state index in [1.54, 1.807) is 47.4 Å². The second-order valence-corrected chi connectivity index (χ2v) is 6.62. The van der Waals surface area contributed by atoms with Crippen molar-refractivity contribution in [2.75, 3.05) is 23.4 Å². The number of fused-ring (bicyclic) bond motifs is 1. The highest BCUT2D eigenvalue weighted by Crippen LogP contribution is 2.35. The zero-order valence-electron chi connectivity index (χ0n) is 14.6. The zero-order valence-corrected chi connectivity index (χ0v) is 15.4. The highest BCUT2D eigenvalue weighted by molar-refractivity contribution is 6.31. The molecule has 0 atom stereocenters. The number of rotatable bonds is 6. The van der Waals surface area contributed by atoms with Crippen LogP contribution in [0.25, 0.3) is 0 Å². The Morgan fingerprint density at radius 2 is 2.08 bits per heavy atom. The third kappa shape index (κ3) is 4.17. The summed E-state index contributed by atoms with van der Waals surface area (Å²) in [5, 5.41) is 3.35. The van der Waals surface area contributed by atoms with Crippen molar-refractivity contribution in [1.29, 1.82) is 0 Å². The summed E-state index contributed by atoms with van der Waals surface area (Å²) in [6, 6.07) is 12.1. The van der Waals surface area contributed by atoms with Gasteiger partial charge in [0, 0.05) is 22.8 Å².